The summed E-state index contributed by atoms with van der Waals surface area (Å²) in [6.07, 6.45) is -2.98. The fourth-order valence-corrected chi connectivity index (χ4v) is 3.65. The number of anilines is 1. The summed E-state index contributed by atoms with van der Waals surface area (Å²) >= 11 is 6.93. The first-order valence-electron chi connectivity index (χ1n) is 8.69. The van der Waals surface area contributed by atoms with Gasteiger partial charge in [-0.3, -0.25) is 9.36 Å². The number of rotatable bonds is 7. The lowest BCUT2D eigenvalue weighted by atomic mass is 10.1. The molecule has 0 fully saturated rings. The minimum Gasteiger partial charge on any atom is -0.324 e. The Morgan fingerprint density at radius 1 is 1.17 bits per heavy atom. The van der Waals surface area contributed by atoms with Gasteiger partial charge in [0.05, 0.1) is 22.0 Å². The van der Waals surface area contributed by atoms with Crippen molar-refractivity contribution in [3.05, 3.63) is 71.8 Å². The van der Waals surface area contributed by atoms with Crippen LogP contribution in [-0.2, 0) is 17.5 Å². The third-order valence-corrected chi connectivity index (χ3v) is 5.26. The number of para-hydroxylation sites is 1. The van der Waals surface area contributed by atoms with Crippen molar-refractivity contribution in [1.29, 1.82) is 0 Å². The van der Waals surface area contributed by atoms with Gasteiger partial charge in [0.2, 0.25) is 5.91 Å². The summed E-state index contributed by atoms with van der Waals surface area (Å²) in [5.74, 6) is -0.219. The number of nitrogens with zero attached hydrogens (tertiary/aromatic N) is 3. The molecule has 0 saturated heterocycles. The van der Waals surface area contributed by atoms with Gasteiger partial charge in [0.25, 0.3) is 0 Å². The van der Waals surface area contributed by atoms with Crippen LogP contribution >= 0.6 is 23.4 Å². The lowest BCUT2D eigenvalue weighted by Gasteiger charge is -2.15. The van der Waals surface area contributed by atoms with Gasteiger partial charge in [0.15, 0.2) is 11.0 Å². The van der Waals surface area contributed by atoms with Crippen molar-refractivity contribution in [2.45, 2.75) is 17.9 Å². The van der Waals surface area contributed by atoms with Gasteiger partial charge in [0.1, 0.15) is 0 Å². The minimum atomic E-state index is -4.64. The molecular formula is C20H16ClF3N4OS. The van der Waals surface area contributed by atoms with E-state index in [0.717, 1.165) is 23.4 Å². The second kappa shape index (κ2) is 9.36. The number of hydrogen-bond acceptors (Lipinski definition) is 4. The Hall–Kier alpha value is -2.78. The highest BCUT2D eigenvalue weighted by Crippen LogP contribution is 2.38. The maximum absolute atomic E-state index is 13.2. The predicted molar refractivity (Wildman–Crippen MR) is 111 cm³/mol. The monoisotopic (exact) mass is 452 g/mol. The van der Waals surface area contributed by atoms with E-state index in [4.69, 9.17) is 11.6 Å². The van der Waals surface area contributed by atoms with Gasteiger partial charge >= 0.3 is 6.18 Å². The lowest BCUT2D eigenvalue weighted by molar-refractivity contribution is -0.137. The molecule has 5 nitrogen and oxygen atoms in total. The van der Waals surface area contributed by atoms with Crippen LogP contribution in [0.1, 0.15) is 5.56 Å². The maximum atomic E-state index is 13.2. The van der Waals surface area contributed by atoms with Gasteiger partial charge < -0.3 is 5.32 Å². The quantitative estimate of drug-likeness (QED) is 0.378. The average Bonchev–Trinajstić information content (AvgIpc) is 3.11. The number of halogens is 4. The van der Waals surface area contributed by atoms with E-state index in [-0.39, 0.29) is 10.8 Å². The molecule has 0 spiro atoms. The molecular weight excluding hydrogens is 437 g/mol. The fraction of sp³-hybridized carbons (Fsp3) is 0.150. The van der Waals surface area contributed by atoms with E-state index in [2.05, 4.69) is 22.1 Å². The Morgan fingerprint density at radius 2 is 1.90 bits per heavy atom. The van der Waals surface area contributed by atoms with Crippen LogP contribution in [0.2, 0.25) is 5.02 Å². The molecule has 3 rings (SSSR count). The zero-order valence-corrected chi connectivity index (χ0v) is 17.1. The summed E-state index contributed by atoms with van der Waals surface area (Å²) in [5.41, 5.74) is -0.627. The Labute approximate surface area is 180 Å². The van der Waals surface area contributed by atoms with Crippen LogP contribution < -0.4 is 5.32 Å². The van der Waals surface area contributed by atoms with Gasteiger partial charge in [-0.15, -0.1) is 16.8 Å². The second-order valence-corrected chi connectivity index (χ2v) is 7.42. The highest BCUT2D eigenvalue weighted by atomic mass is 35.5. The van der Waals surface area contributed by atoms with Crippen LogP contribution in [0.25, 0.3) is 11.4 Å². The number of thioether (sulfide) groups is 1. The summed E-state index contributed by atoms with van der Waals surface area (Å²) in [7, 11) is 0. The molecule has 30 heavy (non-hydrogen) atoms. The van der Waals surface area contributed by atoms with Crippen LogP contribution in [0.4, 0.5) is 18.9 Å². The molecule has 0 radical (unpaired) electrons. The van der Waals surface area contributed by atoms with E-state index < -0.39 is 23.3 Å². The number of carbonyl (C=O) groups excluding carboxylic acids is 1. The van der Waals surface area contributed by atoms with Crippen molar-refractivity contribution in [3.8, 4) is 11.4 Å². The largest absolute Gasteiger partial charge is 0.418 e. The molecule has 0 bridgehead atoms. The molecule has 0 saturated carbocycles. The Bertz CT molecular complexity index is 1050. The minimum absolute atomic E-state index is 0.174. The van der Waals surface area contributed by atoms with E-state index in [1.165, 1.54) is 12.1 Å². The van der Waals surface area contributed by atoms with Crippen molar-refractivity contribution in [1.82, 2.24) is 14.8 Å². The summed E-state index contributed by atoms with van der Waals surface area (Å²) in [6, 6.07) is 12.7. The first-order valence-corrected chi connectivity index (χ1v) is 10.1. The number of nitrogens with one attached hydrogen (secondary N) is 1. The number of hydrogen-bond donors (Lipinski definition) is 1. The van der Waals surface area contributed by atoms with Crippen molar-refractivity contribution in [2.75, 3.05) is 11.1 Å². The number of carbonyl (C=O) groups is 1. The molecule has 0 atom stereocenters. The van der Waals surface area contributed by atoms with E-state index in [0.29, 0.717) is 17.5 Å². The molecule has 156 valence electrons. The number of benzene rings is 2. The van der Waals surface area contributed by atoms with Crippen LogP contribution in [0.3, 0.4) is 0 Å². The summed E-state index contributed by atoms with van der Waals surface area (Å²) in [4.78, 5) is 12.3. The molecule has 0 aliphatic heterocycles. The number of alkyl halides is 3. The van der Waals surface area contributed by atoms with Crippen LogP contribution in [0, 0.1) is 0 Å². The normalized spacial score (nSPS) is 11.3. The molecule has 3 aromatic rings. The average molecular weight is 453 g/mol. The van der Waals surface area contributed by atoms with Crippen LogP contribution in [-0.4, -0.2) is 26.4 Å². The van der Waals surface area contributed by atoms with Crippen molar-refractivity contribution in [2.24, 2.45) is 0 Å². The summed E-state index contributed by atoms with van der Waals surface area (Å²) in [5, 5.41) is 10.8. The summed E-state index contributed by atoms with van der Waals surface area (Å²) < 4.78 is 41.3. The zero-order valence-electron chi connectivity index (χ0n) is 15.5. The molecule has 1 amide bonds. The topological polar surface area (TPSA) is 59.8 Å². The molecule has 1 N–H and O–H groups in total. The molecule has 1 aromatic heterocycles. The Morgan fingerprint density at radius 3 is 2.57 bits per heavy atom. The molecule has 10 heteroatoms. The van der Waals surface area contributed by atoms with Crippen molar-refractivity contribution < 1.29 is 18.0 Å². The molecule has 2 aromatic carbocycles. The molecule has 1 heterocycles. The lowest BCUT2D eigenvalue weighted by Crippen LogP contribution is -2.19. The first-order chi connectivity index (χ1) is 14.3. The summed E-state index contributed by atoms with van der Waals surface area (Å²) in [6.45, 7) is 4.13. The zero-order chi connectivity index (χ0) is 21.7. The van der Waals surface area contributed by atoms with Gasteiger partial charge in [-0.1, -0.05) is 65.8 Å². The van der Waals surface area contributed by atoms with Gasteiger partial charge in [-0.25, -0.2) is 0 Å². The van der Waals surface area contributed by atoms with Crippen molar-refractivity contribution in [3.63, 3.8) is 0 Å². The second-order valence-electron chi connectivity index (χ2n) is 6.07. The maximum Gasteiger partial charge on any atom is 0.418 e. The fourth-order valence-electron chi connectivity index (χ4n) is 2.68. The first kappa shape index (κ1) is 21.9. The van der Waals surface area contributed by atoms with Gasteiger partial charge in [0, 0.05) is 12.1 Å². The predicted octanol–water partition coefficient (Wildman–Crippen LogP) is 5.53. The van der Waals surface area contributed by atoms with Crippen LogP contribution in [0.5, 0.6) is 0 Å². The standard InChI is InChI=1S/C20H16ClF3N4OS/c1-2-11-28-18(13-7-4-3-5-8-13)26-27-19(28)30-12-16(29)25-17-14(20(22,23)24)9-6-10-15(17)21/h2-10H,1,11-12H2,(H,25,29). The third kappa shape index (κ3) is 5.03. The highest BCUT2D eigenvalue weighted by molar-refractivity contribution is 7.99. The Balaban J connectivity index is 1.76. The SMILES string of the molecule is C=CCn1c(SCC(=O)Nc2c(Cl)cccc2C(F)(F)F)nnc1-c1ccccc1. The number of allylic oxidation sites excluding steroid dienone is 1. The Kier molecular flexibility index (Phi) is 6.84. The van der Waals surface area contributed by atoms with Crippen LogP contribution in [0.15, 0.2) is 66.3 Å². The molecule has 0 unspecified atom stereocenters. The molecule has 0 aliphatic rings. The van der Waals surface area contributed by atoms with E-state index in [1.54, 1.807) is 10.6 Å². The van der Waals surface area contributed by atoms with Gasteiger partial charge in [-0.2, -0.15) is 13.2 Å². The van der Waals surface area contributed by atoms with Crippen molar-refractivity contribution >= 4 is 35.0 Å². The smallest absolute Gasteiger partial charge is 0.324 e. The van der Waals surface area contributed by atoms with E-state index >= 15 is 0 Å². The third-order valence-electron chi connectivity index (χ3n) is 3.98. The van der Waals surface area contributed by atoms with Gasteiger partial charge in [-0.05, 0) is 12.1 Å². The van der Waals surface area contributed by atoms with E-state index in [1.807, 2.05) is 30.3 Å². The van der Waals surface area contributed by atoms with E-state index in [9.17, 15) is 18.0 Å². The number of aromatic nitrogens is 3. The highest BCUT2D eigenvalue weighted by Gasteiger charge is 2.34. The molecule has 0 aliphatic carbocycles. The number of amides is 1.